The zero-order chi connectivity index (χ0) is 18.8. The van der Waals surface area contributed by atoms with E-state index < -0.39 is 0 Å². The second-order valence-electron chi connectivity index (χ2n) is 6.04. The van der Waals surface area contributed by atoms with Gasteiger partial charge in [-0.1, -0.05) is 36.4 Å². The molecule has 0 N–H and O–H groups in total. The van der Waals surface area contributed by atoms with Crippen molar-refractivity contribution in [1.82, 2.24) is 0 Å². The lowest BCUT2D eigenvalue weighted by molar-refractivity contribution is 0.304. The number of benzene rings is 3. The van der Waals surface area contributed by atoms with Crippen LogP contribution in [-0.4, -0.2) is 14.2 Å². The SMILES string of the molecule is COc1cccc2c(=O)c3c(OC)cc(OCc4ccccc4)cc3oc12. The predicted octanol–water partition coefficient (Wildman–Crippen LogP) is 4.54. The summed E-state index contributed by atoms with van der Waals surface area (Å²) in [4.78, 5) is 13.0. The van der Waals surface area contributed by atoms with Crippen molar-refractivity contribution in [2.75, 3.05) is 14.2 Å². The lowest BCUT2D eigenvalue weighted by Gasteiger charge is -2.12. The molecule has 0 atom stereocenters. The minimum atomic E-state index is -0.170. The van der Waals surface area contributed by atoms with Crippen molar-refractivity contribution in [3.05, 3.63) is 76.5 Å². The molecule has 4 aromatic rings. The summed E-state index contributed by atoms with van der Waals surface area (Å²) in [5.74, 6) is 1.47. The van der Waals surface area contributed by atoms with Gasteiger partial charge in [-0.05, 0) is 17.7 Å². The first-order valence-electron chi connectivity index (χ1n) is 8.49. The second kappa shape index (κ2) is 7.03. The standard InChI is InChI=1S/C22H18O5/c1-24-17-10-6-9-16-21(23)20-18(25-2)11-15(12-19(20)27-22(16)17)26-13-14-7-4-3-5-8-14/h3-12H,13H2,1-2H3. The van der Waals surface area contributed by atoms with E-state index in [9.17, 15) is 4.79 Å². The summed E-state index contributed by atoms with van der Waals surface area (Å²) in [6.07, 6.45) is 0. The van der Waals surface area contributed by atoms with Crippen molar-refractivity contribution in [3.63, 3.8) is 0 Å². The van der Waals surface area contributed by atoms with Crippen LogP contribution in [0.15, 0.2) is 69.9 Å². The van der Waals surface area contributed by atoms with Gasteiger partial charge < -0.3 is 18.6 Å². The van der Waals surface area contributed by atoms with Crippen LogP contribution in [0.25, 0.3) is 21.9 Å². The molecule has 0 fully saturated rings. The summed E-state index contributed by atoms with van der Waals surface area (Å²) in [5, 5.41) is 0.823. The normalized spacial score (nSPS) is 10.9. The number of hydrogen-bond acceptors (Lipinski definition) is 5. The Kier molecular flexibility index (Phi) is 4.42. The first-order valence-corrected chi connectivity index (χ1v) is 8.49. The number of rotatable bonds is 5. The minimum absolute atomic E-state index is 0.170. The highest BCUT2D eigenvalue weighted by Gasteiger charge is 2.16. The number of hydrogen-bond donors (Lipinski definition) is 0. The molecule has 136 valence electrons. The zero-order valence-corrected chi connectivity index (χ0v) is 15.0. The summed E-state index contributed by atoms with van der Waals surface area (Å²) < 4.78 is 22.6. The van der Waals surface area contributed by atoms with Crippen LogP contribution in [0.5, 0.6) is 17.2 Å². The summed E-state index contributed by atoms with van der Waals surface area (Å²) in [5.41, 5.74) is 1.66. The molecule has 0 saturated carbocycles. The van der Waals surface area contributed by atoms with Crippen LogP contribution >= 0.6 is 0 Å². The van der Waals surface area contributed by atoms with Crippen LogP contribution in [0.1, 0.15) is 5.56 Å². The molecule has 0 bridgehead atoms. The van der Waals surface area contributed by atoms with Gasteiger partial charge in [0.05, 0.1) is 19.6 Å². The minimum Gasteiger partial charge on any atom is -0.496 e. The summed E-state index contributed by atoms with van der Waals surface area (Å²) in [6, 6.07) is 18.5. The largest absolute Gasteiger partial charge is 0.496 e. The molecule has 0 aliphatic heterocycles. The van der Waals surface area contributed by atoms with Crippen molar-refractivity contribution in [2.45, 2.75) is 6.61 Å². The Hall–Kier alpha value is -3.47. The van der Waals surface area contributed by atoms with E-state index in [-0.39, 0.29) is 5.43 Å². The highest BCUT2D eigenvalue weighted by Crippen LogP contribution is 2.34. The average Bonchev–Trinajstić information content (AvgIpc) is 2.72. The smallest absolute Gasteiger partial charge is 0.204 e. The fraction of sp³-hybridized carbons (Fsp3) is 0.136. The van der Waals surface area contributed by atoms with E-state index in [4.69, 9.17) is 18.6 Å². The maximum Gasteiger partial charge on any atom is 0.204 e. The summed E-state index contributed by atoms with van der Waals surface area (Å²) >= 11 is 0. The van der Waals surface area contributed by atoms with E-state index in [1.165, 1.54) is 7.11 Å². The molecule has 0 saturated heterocycles. The van der Waals surface area contributed by atoms with E-state index in [1.54, 1.807) is 37.4 Å². The Labute approximate surface area is 155 Å². The maximum absolute atomic E-state index is 13.0. The van der Waals surface area contributed by atoms with Gasteiger partial charge in [-0.3, -0.25) is 4.79 Å². The van der Waals surface area contributed by atoms with Crippen LogP contribution < -0.4 is 19.6 Å². The van der Waals surface area contributed by atoms with Gasteiger partial charge in [0.15, 0.2) is 11.3 Å². The molecular formula is C22H18O5. The maximum atomic E-state index is 13.0. The molecule has 27 heavy (non-hydrogen) atoms. The van der Waals surface area contributed by atoms with E-state index in [0.29, 0.717) is 45.8 Å². The van der Waals surface area contributed by atoms with Gasteiger partial charge in [0, 0.05) is 12.1 Å². The fourth-order valence-corrected chi connectivity index (χ4v) is 3.06. The molecule has 5 nitrogen and oxygen atoms in total. The van der Waals surface area contributed by atoms with E-state index in [2.05, 4.69) is 0 Å². The Balaban J connectivity index is 1.86. The van der Waals surface area contributed by atoms with Gasteiger partial charge >= 0.3 is 0 Å². The van der Waals surface area contributed by atoms with Crippen molar-refractivity contribution in [3.8, 4) is 17.2 Å². The molecule has 0 aliphatic rings. The highest BCUT2D eigenvalue weighted by molar-refractivity contribution is 5.95. The van der Waals surface area contributed by atoms with Gasteiger partial charge in [0.2, 0.25) is 5.43 Å². The number of para-hydroxylation sites is 1. The highest BCUT2D eigenvalue weighted by atomic mass is 16.5. The molecule has 0 radical (unpaired) electrons. The second-order valence-corrected chi connectivity index (χ2v) is 6.04. The molecule has 0 aliphatic carbocycles. The van der Waals surface area contributed by atoms with Gasteiger partial charge in [-0.2, -0.15) is 0 Å². The third-order valence-corrected chi connectivity index (χ3v) is 4.39. The Morgan fingerprint density at radius 3 is 2.41 bits per heavy atom. The van der Waals surface area contributed by atoms with Crippen LogP contribution in [0.4, 0.5) is 0 Å². The molecule has 0 spiro atoms. The first-order chi connectivity index (χ1) is 13.2. The van der Waals surface area contributed by atoms with E-state index >= 15 is 0 Å². The van der Waals surface area contributed by atoms with E-state index in [0.717, 1.165) is 5.56 Å². The molecule has 3 aromatic carbocycles. The number of methoxy groups -OCH3 is 2. The lowest BCUT2D eigenvalue weighted by atomic mass is 10.1. The summed E-state index contributed by atoms with van der Waals surface area (Å²) in [7, 11) is 3.06. The van der Waals surface area contributed by atoms with Gasteiger partial charge in [-0.25, -0.2) is 0 Å². The number of ether oxygens (including phenoxy) is 3. The summed E-state index contributed by atoms with van der Waals surface area (Å²) in [6.45, 7) is 0.399. The predicted molar refractivity (Wildman–Crippen MR) is 104 cm³/mol. The zero-order valence-electron chi connectivity index (χ0n) is 15.0. The van der Waals surface area contributed by atoms with Crippen LogP contribution in [0, 0.1) is 0 Å². The third-order valence-electron chi connectivity index (χ3n) is 4.39. The van der Waals surface area contributed by atoms with E-state index in [1.807, 2.05) is 30.3 Å². The molecule has 5 heteroatoms. The van der Waals surface area contributed by atoms with Gasteiger partial charge in [0.1, 0.15) is 29.1 Å². The van der Waals surface area contributed by atoms with Gasteiger partial charge in [0.25, 0.3) is 0 Å². The van der Waals surface area contributed by atoms with Crippen molar-refractivity contribution < 1.29 is 18.6 Å². The topological polar surface area (TPSA) is 57.9 Å². The van der Waals surface area contributed by atoms with Crippen molar-refractivity contribution in [2.24, 2.45) is 0 Å². The average molecular weight is 362 g/mol. The Bertz CT molecular complexity index is 1160. The van der Waals surface area contributed by atoms with Crippen LogP contribution in [0.3, 0.4) is 0 Å². The van der Waals surface area contributed by atoms with Crippen molar-refractivity contribution >= 4 is 21.9 Å². The molecular weight excluding hydrogens is 344 g/mol. The first kappa shape index (κ1) is 17.0. The molecule has 4 rings (SSSR count). The van der Waals surface area contributed by atoms with Crippen LogP contribution in [0.2, 0.25) is 0 Å². The monoisotopic (exact) mass is 362 g/mol. The fourth-order valence-electron chi connectivity index (χ4n) is 3.06. The third kappa shape index (κ3) is 3.08. The molecule has 1 heterocycles. The van der Waals surface area contributed by atoms with Crippen LogP contribution in [-0.2, 0) is 6.61 Å². The molecule has 1 aromatic heterocycles. The Morgan fingerprint density at radius 1 is 0.889 bits per heavy atom. The number of fused-ring (bicyclic) bond motifs is 2. The van der Waals surface area contributed by atoms with Gasteiger partial charge in [-0.15, -0.1) is 0 Å². The quantitative estimate of drug-likeness (QED) is 0.488. The Morgan fingerprint density at radius 2 is 1.67 bits per heavy atom. The lowest BCUT2D eigenvalue weighted by Crippen LogP contribution is -2.05. The van der Waals surface area contributed by atoms with Crippen molar-refractivity contribution in [1.29, 1.82) is 0 Å². The molecule has 0 amide bonds. The molecule has 0 unspecified atom stereocenters.